The van der Waals surface area contributed by atoms with E-state index in [4.69, 9.17) is 4.74 Å². The van der Waals surface area contributed by atoms with E-state index in [2.05, 4.69) is 22.8 Å². The molecular formula is C27H26N2O5. The maximum Gasteiger partial charge on any atom is 0.408 e. The first-order chi connectivity index (χ1) is 16.3. The minimum atomic E-state index is -1.53. The van der Waals surface area contributed by atoms with Gasteiger partial charge in [0.1, 0.15) is 18.2 Å². The van der Waals surface area contributed by atoms with Crippen molar-refractivity contribution in [3.05, 3.63) is 95.6 Å². The molecule has 0 spiro atoms. The minimum absolute atomic E-state index is 0.0951. The summed E-state index contributed by atoms with van der Waals surface area (Å²) in [5, 5.41) is 14.3. The lowest BCUT2D eigenvalue weighted by molar-refractivity contribution is -0.142. The van der Waals surface area contributed by atoms with Crippen LogP contribution in [0.3, 0.4) is 0 Å². The number of hydrogen-bond donors (Lipinski definition) is 3. The Hall–Kier alpha value is -4.13. The predicted molar refractivity (Wildman–Crippen MR) is 127 cm³/mol. The molecule has 7 heteroatoms. The molecule has 4 rings (SSSR count). The zero-order chi connectivity index (χ0) is 24.3. The van der Waals surface area contributed by atoms with Crippen molar-refractivity contribution in [3.63, 3.8) is 0 Å². The molecule has 1 aliphatic rings. The molecule has 2 atom stereocenters. The van der Waals surface area contributed by atoms with E-state index in [0.717, 1.165) is 22.3 Å². The quantitative estimate of drug-likeness (QED) is 0.496. The topological polar surface area (TPSA) is 105 Å². The van der Waals surface area contributed by atoms with Crippen molar-refractivity contribution in [1.29, 1.82) is 0 Å². The Morgan fingerprint density at radius 3 is 2.00 bits per heavy atom. The van der Waals surface area contributed by atoms with E-state index < -0.39 is 29.6 Å². The molecule has 1 aliphatic carbocycles. The van der Waals surface area contributed by atoms with Crippen molar-refractivity contribution < 1.29 is 24.2 Å². The predicted octanol–water partition coefficient (Wildman–Crippen LogP) is 4.03. The highest BCUT2D eigenvalue weighted by Gasteiger charge is 2.39. The Bertz CT molecular complexity index is 1180. The lowest BCUT2D eigenvalue weighted by atomic mass is 9.90. The van der Waals surface area contributed by atoms with E-state index >= 15 is 0 Å². The van der Waals surface area contributed by atoms with Gasteiger partial charge >= 0.3 is 12.1 Å². The molecule has 0 saturated carbocycles. The molecule has 0 aliphatic heterocycles. The van der Waals surface area contributed by atoms with Crippen LogP contribution in [0.25, 0.3) is 11.1 Å². The molecular weight excluding hydrogens is 432 g/mol. The van der Waals surface area contributed by atoms with E-state index in [9.17, 15) is 19.5 Å². The molecule has 0 fully saturated rings. The first-order valence-electron chi connectivity index (χ1n) is 11.0. The van der Waals surface area contributed by atoms with Crippen LogP contribution in [0.1, 0.15) is 36.5 Å². The van der Waals surface area contributed by atoms with Crippen LogP contribution < -0.4 is 10.6 Å². The molecule has 2 amide bonds. The van der Waals surface area contributed by atoms with Gasteiger partial charge in [-0.15, -0.1) is 0 Å². The SMILES string of the molecule is CC(NC(=O)C(C)(NC(=O)OCC1c2ccccc2-c2ccccc21)c1ccccc1)C(=O)O. The molecule has 3 N–H and O–H groups in total. The number of carboxylic acid groups (broad SMARTS) is 1. The van der Waals surface area contributed by atoms with Crippen LogP contribution in [0.15, 0.2) is 78.9 Å². The summed E-state index contributed by atoms with van der Waals surface area (Å²) in [6, 6.07) is 23.5. The summed E-state index contributed by atoms with van der Waals surface area (Å²) in [4.78, 5) is 37.2. The number of aliphatic carboxylic acids is 1. The van der Waals surface area contributed by atoms with Crippen LogP contribution in [0.5, 0.6) is 0 Å². The maximum absolute atomic E-state index is 13.1. The van der Waals surface area contributed by atoms with Crippen molar-refractivity contribution in [1.82, 2.24) is 10.6 Å². The Morgan fingerprint density at radius 2 is 1.44 bits per heavy atom. The first-order valence-corrected chi connectivity index (χ1v) is 11.0. The fourth-order valence-electron chi connectivity index (χ4n) is 4.27. The van der Waals surface area contributed by atoms with Crippen LogP contribution in [-0.2, 0) is 19.9 Å². The number of carboxylic acids is 1. The number of hydrogen-bond acceptors (Lipinski definition) is 4. The first kappa shape index (κ1) is 23.0. The normalized spacial score (nSPS) is 14.8. The van der Waals surface area contributed by atoms with E-state index in [1.165, 1.54) is 13.8 Å². The third-order valence-electron chi connectivity index (χ3n) is 6.22. The van der Waals surface area contributed by atoms with E-state index in [0.29, 0.717) is 5.56 Å². The van der Waals surface area contributed by atoms with Gasteiger partial charge in [-0.2, -0.15) is 0 Å². The third-order valence-corrected chi connectivity index (χ3v) is 6.22. The maximum atomic E-state index is 13.1. The lowest BCUT2D eigenvalue weighted by Crippen LogP contribution is -2.57. The second kappa shape index (κ2) is 9.39. The van der Waals surface area contributed by atoms with Crippen LogP contribution in [0.4, 0.5) is 4.79 Å². The summed E-state index contributed by atoms with van der Waals surface area (Å²) in [6.07, 6.45) is -0.772. The lowest BCUT2D eigenvalue weighted by Gasteiger charge is -2.30. The van der Waals surface area contributed by atoms with E-state index in [-0.39, 0.29) is 12.5 Å². The Balaban J connectivity index is 1.53. The molecule has 7 nitrogen and oxygen atoms in total. The van der Waals surface area contributed by atoms with Crippen molar-refractivity contribution >= 4 is 18.0 Å². The molecule has 0 heterocycles. The number of fused-ring (bicyclic) bond motifs is 3. The van der Waals surface area contributed by atoms with Gasteiger partial charge in [-0.05, 0) is 41.7 Å². The number of benzene rings is 3. The van der Waals surface area contributed by atoms with Gasteiger partial charge < -0.3 is 20.5 Å². The van der Waals surface area contributed by atoms with Gasteiger partial charge in [-0.1, -0.05) is 78.9 Å². The van der Waals surface area contributed by atoms with Gasteiger partial charge in [0.05, 0.1) is 0 Å². The number of carbonyl (C=O) groups is 3. The average Bonchev–Trinajstić information content (AvgIpc) is 3.16. The summed E-state index contributed by atoms with van der Waals surface area (Å²) in [7, 11) is 0. The molecule has 34 heavy (non-hydrogen) atoms. The summed E-state index contributed by atoms with van der Waals surface area (Å²) in [5.41, 5.74) is 3.35. The molecule has 2 unspecified atom stereocenters. The van der Waals surface area contributed by atoms with E-state index in [1.807, 2.05) is 36.4 Å². The number of amides is 2. The Kier molecular flexibility index (Phi) is 6.36. The monoisotopic (exact) mass is 458 g/mol. The Morgan fingerprint density at radius 1 is 0.912 bits per heavy atom. The average molecular weight is 459 g/mol. The fraction of sp³-hybridized carbons (Fsp3) is 0.222. The zero-order valence-electron chi connectivity index (χ0n) is 18.9. The van der Waals surface area contributed by atoms with Crippen molar-refractivity contribution in [2.75, 3.05) is 6.61 Å². The van der Waals surface area contributed by atoms with Crippen LogP contribution in [0.2, 0.25) is 0 Å². The number of ether oxygens (including phenoxy) is 1. The molecule has 0 radical (unpaired) electrons. The minimum Gasteiger partial charge on any atom is -0.480 e. The summed E-state index contributed by atoms with van der Waals surface area (Å²) < 4.78 is 5.61. The van der Waals surface area contributed by atoms with Crippen LogP contribution >= 0.6 is 0 Å². The van der Waals surface area contributed by atoms with Gasteiger partial charge in [0.2, 0.25) is 0 Å². The highest BCUT2D eigenvalue weighted by atomic mass is 16.5. The molecule has 0 aromatic heterocycles. The van der Waals surface area contributed by atoms with Gasteiger partial charge in [0.15, 0.2) is 0 Å². The third kappa shape index (κ3) is 4.37. The van der Waals surface area contributed by atoms with Gasteiger partial charge in [0, 0.05) is 5.92 Å². The van der Waals surface area contributed by atoms with Crippen LogP contribution in [-0.4, -0.2) is 35.7 Å². The number of carbonyl (C=O) groups excluding carboxylic acids is 2. The molecule has 0 saturated heterocycles. The molecule has 3 aromatic carbocycles. The number of rotatable bonds is 7. The van der Waals surface area contributed by atoms with Crippen molar-refractivity contribution in [2.45, 2.75) is 31.3 Å². The van der Waals surface area contributed by atoms with E-state index in [1.54, 1.807) is 30.3 Å². The second-order valence-electron chi connectivity index (χ2n) is 8.47. The summed E-state index contributed by atoms with van der Waals surface area (Å²) in [5.74, 6) is -1.95. The standard InChI is InChI=1S/C27H26N2O5/c1-17(24(30)31)28-25(32)27(2,18-10-4-3-5-11-18)29-26(33)34-16-23-21-14-8-6-12-19(21)20-13-7-9-15-22(20)23/h3-15,17,23H,16H2,1-2H3,(H,28,32)(H,29,33)(H,30,31). The van der Waals surface area contributed by atoms with Gasteiger partial charge in [0.25, 0.3) is 5.91 Å². The molecule has 0 bridgehead atoms. The van der Waals surface area contributed by atoms with Gasteiger partial charge in [-0.3, -0.25) is 9.59 Å². The van der Waals surface area contributed by atoms with Crippen molar-refractivity contribution in [3.8, 4) is 11.1 Å². The van der Waals surface area contributed by atoms with Crippen molar-refractivity contribution in [2.24, 2.45) is 0 Å². The fourth-order valence-corrected chi connectivity index (χ4v) is 4.27. The smallest absolute Gasteiger partial charge is 0.408 e. The summed E-state index contributed by atoms with van der Waals surface area (Å²) >= 11 is 0. The molecule has 174 valence electrons. The highest BCUT2D eigenvalue weighted by Crippen LogP contribution is 2.44. The summed E-state index contributed by atoms with van der Waals surface area (Å²) in [6.45, 7) is 2.98. The van der Waals surface area contributed by atoms with Gasteiger partial charge in [-0.25, -0.2) is 4.79 Å². The van der Waals surface area contributed by atoms with Crippen LogP contribution in [0, 0.1) is 0 Å². The zero-order valence-corrected chi connectivity index (χ0v) is 18.9. The molecule has 3 aromatic rings. The second-order valence-corrected chi connectivity index (χ2v) is 8.47. The number of alkyl carbamates (subject to hydrolysis) is 1. The highest BCUT2D eigenvalue weighted by molar-refractivity contribution is 5.93. The largest absolute Gasteiger partial charge is 0.480 e. The Labute approximate surface area is 197 Å². The number of nitrogens with one attached hydrogen (secondary N) is 2.